The summed E-state index contributed by atoms with van der Waals surface area (Å²) in [5.74, 6) is -0.259. The van der Waals surface area contributed by atoms with Gasteiger partial charge in [-0.15, -0.1) is 0 Å². The molecule has 3 rings (SSSR count). The molecule has 0 aliphatic heterocycles. The number of sulfonamides is 1. The predicted octanol–water partition coefficient (Wildman–Crippen LogP) is 3.53. The highest BCUT2D eigenvalue weighted by Gasteiger charge is 2.29. The zero-order chi connectivity index (χ0) is 19.7. The summed E-state index contributed by atoms with van der Waals surface area (Å²) in [7, 11) is -4.12. The Labute approximate surface area is 151 Å². The Bertz CT molecular complexity index is 1140. The fourth-order valence-corrected chi connectivity index (χ4v) is 3.36. The van der Waals surface area contributed by atoms with Crippen molar-refractivity contribution in [2.45, 2.75) is 11.1 Å². The number of fused-ring (bicyclic) bond motifs is 1. The van der Waals surface area contributed by atoms with Crippen LogP contribution in [0.15, 0.2) is 68.7 Å². The van der Waals surface area contributed by atoms with Gasteiger partial charge in [-0.3, -0.25) is 4.72 Å². The van der Waals surface area contributed by atoms with Crippen molar-refractivity contribution in [1.82, 2.24) is 0 Å². The smallest absolute Gasteiger partial charge is 0.422 e. The van der Waals surface area contributed by atoms with Crippen LogP contribution in [-0.2, 0) is 10.0 Å². The first-order valence-electron chi connectivity index (χ1n) is 7.49. The summed E-state index contributed by atoms with van der Waals surface area (Å²) in [4.78, 5) is 11.0. The van der Waals surface area contributed by atoms with Crippen molar-refractivity contribution in [2.24, 2.45) is 0 Å². The summed E-state index contributed by atoms with van der Waals surface area (Å²) in [6.45, 7) is -1.55. The Balaban J connectivity index is 1.91. The van der Waals surface area contributed by atoms with Gasteiger partial charge < -0.3 is 9.15 Å². The molecular weight excluding hydrogens is 387 g/mol. The molecule has 0 unspecified atom stereocenters. The van der Waals surface area contributed by atoms with Crippen LogP contribution in [0.3, 0.4) is 0 Å². The molecule has 0 aliphatic rings. The lowest BCUT2D eigenvalue weighted by Gasteiger charge is -2.14. The second-order valence-electron chi connectivity index (χ2n) is 5.46. The lowest BCUT2D eigenvalue weighted by atomic mass is 10.2. The Morgan fingerprint density at radius 3 is 2.52 bits per heavy atom. The molecule has 0 spiro atoms. The monoisotopic (exact) mass is 399 g/mol. The molecule has 0 aliphatic carbocycles. The average molecular weight is 399 g/mol. The number of halogens is 3. The highest BCUT2D eigenvalue weighted by atomic mass is 32.2. The van der Waals surface area contributed by atoms with Crippen molar-refractivity contribution < 1.29 is 30.7 Å². The number of hydrogen-bond donors (Lipinski definition) is 1. The van der Waals surface area contributed by atoms with Gasteiger partial charge in [0.05, 0.1) is 10.6 Å². The molecule has 142 valence electrons. The van der Waals surface area contributed by atoms with Gasteiger partial charge in [0.1, 0.15) is 11.3 Å². The zero-order valence-electron chi connectivity index (χ0n) is 13.5. The van der Waals surface area contributed by atoms with Crippen molar-refractivity contribution in [1.29, 1.82) is 0 Å². The maximum Gasteiger partial charge on any atom is 0.422 e. The molecule has 0 saturated carbocycles. The van der Waals surface area contributed by atoms with E-state index in [1.165, 1.54) is 48.5 Å². The molecule has 27 heavy (non-hydrogen) atoms. The van der Waals surface area contributed by atoms with Gasteiger partial charge in [-0.25, -0.2) is 13.2 Å². The van der Waals surface area contributed by atoms with Crippen LogP contribution in [0.4, 0.5) is 18.9 Å². The Morgan fingerprint density at radius 1 is 1.04 bits per heavy atom. The minimum absolute atomic E-state index is 0.138. The van der Waals surface area contributed by atoms with Crippen molar-refractivity contribution >= 4 is 26.7 Å². The summed E-state index contributed by atoms with van der Waals surface area (Å²) in [5, 5.41) is 0.374. The molecule has 1 aromatic heterocycles. The molecule has 0 atom stereocenters. The highest BCUT2D eigenvalue weighted by Crippen LogP contribution is 2.29. The Kier molecular flexibility index (Phi) is 4.83. The van der Waals surface area contributed by atoms with Crippen LogP contribution in [0.25, 0.3) is 11.0 Å². The maximum atomic E-state index is 12.6. The molecule has 2 aromatic carbocycles. The first-order valence-corrected chi connectivity index (χ1v) is 8.98. The standard InChI is InChI=1S/C17H12F3NO5S/c18-17(19,20)10-25-15-4-2-1-3-13(15)21-27(23,24)12-6-7-14-11(9-12)5-8-16(22)26-14/h1-9,21H,10H2. The summed E-state index contributed by atoms with van der Waals surface area (Å²) in [6.07, 6.45) is -4.56. The van der Waals surface area contributed by atoms with Crippen LogP contribution in [0, 0.1) is 0 Å². The van der Waals surface area contributed by atoms with Crippen LogP contribution in [0.2, 0.25) is 0 Å². The lowest BCUT2D eigenvalue weighted by Crippen LogP contribution is -2.20. The number of alkyl halides is 3. The van der Waals surface area contributed by atoms with Crippen molar-refractivity contribution in [3.05, 3.63) is 65.0 Å². The molecule has 0 amide bonds. The number of hydrogen-bond acceptors (Lipinski definition) is 5. The minimum atomic E-state index is -4.56. The van der Waals surface area contributed by atoms with Gasteiger partial charge in [-0.1, -0.05) is 12.1 Å². The van der Waals surface area contributed by atoms with Gasteiger partial charge in [0, 0.05) is 11.5 Å². The predicted molar refractivity (Wildman–Crippen MR) is 91.3 cm³/mol. The number of anilines is 1. The van der Waals surface area contributed by atoms with E-state index < -0.39 is 28.4 Å². The molecule has 1 N–H and O–H groups in total. The van der Waals surface area contributed by atoms with Gasteiger partial charge in [-0.2, -0.15) is 13.2 Å². The average Bonchev–Trinajstić information content (AvgIpc) is 2.59. The number of rotatable bonds is 5. The van der Waals surface area contributed by atoms with E-state index in [-0.39, 0.29) is 21.9 Å². The fourth-order valence-electron chi connectivity index (χ4n) is 2.26. The van der Waals surface area contributed by atoms with E-state index in [9.17, 15) is 26.4 Å². The molecule has 0 bridgehead atoms. The molecule has 0 radical (unpaired) electrons. The molecule has 6 nitrogen and oxygen atoms in total. The molecule has 0 fully saturated rings. The van der Waals surface area contributed by atoms with Crippen LogP contribution in [0.1, 0.15) is 0 Å². The fraction of sp³-hybridized carbons (Fsp3) is 0.118. The van der Waals surface area contributed by atoms with E-state index in [1.807, 2.05) is 0 Å². The van der Waals surface area contributed by atoms with E-state index in [0.29, 0.717) is 5.39 Å². The van der Waals surface area contributed by atoms with E-state index >= 15 is 0 Å². The van der Waals surface area contributed by atoms with E-state index in [4.69, 9.17) is 4.42 Å². The molecule has 1 heterocycles. The normalized spacial score (nSPS) is 12.1. The van der Waals surface area contributed by atoms with Crippen LogP contribution < -0.4 is 15.1 Å². The second kappa shape index (κ2) is 6.95. The van der Waals surface area contributed by atoms with Crippen LogP contribution in [-0.4, -0.2) is 21.2 Å². The van der Waals surface area contributed by atoms with Gasteiger partial charge in [-0.05, 0) is 36.4 Å². The van der Waals surface area contributed by atoms with Gasteiger partial charge >= 0.3 is 11.8 Å². The van der Waals surface area contributed by atoms with Crippen LogP contribution in [0.5, 0.6) is 5.75 Å². The first kappa shape index (κ1) is 18.8. The molecule has 0 saturated heterocycles. The summed E-state index contributed by atoms with van der Waals surface area (Å²) in [5.41, 5.74) is -0.510. The summed E-state index contributed by atoms with van der Waals surface area (Å²) >= 11 is 0. The second-order valence-corrected chi connectivity index (χ2v) is 7.14. The van der Waals surface area contributed by atoms with E-state index in [1.54, 1.807) is 0 Å². The molecular formula is C17H12F3NO5S. The Hall–Kier alpha value is -3.01. The van der Waals surface area contributed by atoms with Gasteiger partial charge in [0.2, 0.25) is 0 Å². The minimum Gasteiger partial charge on any atom is -0.482 e. The lowest BCUT2D eigenvalue weighted by molar-refractivity contribution is -0.153. The van der Waals surface area contributed by atoms with Crippen molar-refractivity contribution in [3.8, 4) is 5.75 Å². The van der Waals surface area contributed by atoms with Crippen LogP contribution >= 0.6 is 0 Å². The number of ether oxygens (including phenoxy) is 1. The molecule has 10 heteroatoms. The summed E-state index contributed by atoms with van der Waals surface area (Å²) in [6, 6.07) is 11.7. The van der Waals surface area contributed by atoms with E-state index in [2.05, 4.69) is 9.46 Å². The van der Waals surface area contributed by atoms with Crippen molar-refractivity contribution in [2.75, 3.05) is 11.3 Å². The van der Waals surface area contributed by atoms with Gasteiger partial charge in [0.15, 0.2) is 6.61 Å². The third kappa shape index (κ3) is 4.59. The Morgan fingerprint density at radius 2 is 1.78 bits per heavy atom. The maximum absolute atomic E-state index is 12.6. The van der Waals surface area contributed by atoms with E-state index in [0.717, 1.165) is 6.07 Å². The van der Waals surface area contributed by atoms with Gasteiger partial charge in [0.25, 0.3) is 10.0 Å². The largest absolute Gasteiger partial charge is 0.482 e. The quantitative estimate of drug-likeness (QED) is 0.664. The summed E-state index contributed by atoms with van der Waals surface area (Å²) < 4.78 is 74.0. The first-order chi connectivity index (χ1) is 12.6. The number of benzene rings is 2. The highest BCUT2D eigenvalue weighted by molar-refractivity contribution is 7.92. The number of para-hydroxylation sites is 2. The zero-order valence-corrected chi connectivity index (χ0v) is 14.3. The number of nitrogens with one attached hydrogen (secondary N) is 1. The third-order valence-electron chi connectivity index (χ3n) is 3.42. The van der Waals surface area contributed by atoms with Crippen molar-refractivity contribution in [3.63, 3.8) is 0 Å². The molecule has 3 aromatic rings. The SMILES string of the molecule is O=c1ccc2cc(S(=O)(=O)Nc3ccccc3OCC(F)(F)F)ccc2o1. The third-order valence-corrected chi connectivity index (χ3v) is 4.79. The topological polar surface area (TPSA) is 85.6 Å².